The molecule has 5 nitrogen and oxygen atoms in total. The zero-order valence-corrected chi connectivity index (χ0v) is 15.0. The average Bonchev–Trinajstić information content (AvgIpc) is 2.95. The summed E-state index contributed by atoms with van der Waals surface area (Å²) in [5.74, 6) is 0.893. The molecular formula is C19H21ClN4O. The molecule has 2 aromatic heterocycles. The van der Waals surface area contributed by atoms with Gasteiger partial charge in [0.1, 0.15) is 11.9 Å². The molecule has 0 bridgehead atoms. The number of nitrogens with zero attached hydrogens (tertiary/aromatic N) is 4. The number of fused-ring (bicyclic) bond motifs is 1. The molecule has 0 atom stereocenters. The van der Waals surface area contributed by atoms with Crippen LogP contribution >= 0.6 is 11.6 Å². The highest BCUT2D eigenvalue weighted by molar-refractivity contribution is 6.30. The molecule has 6 heteroatoms. The summed E-state index contributed by atoms with van der Waals surface area (Å²) in [4.78, 5) is 6.85. The Morgan fingerprint density at radius 1 is 1.16 bits per heavy atom. The summed E-state index contributed by atoms with van der Waals surface area (Å²) in [6.45, 7) is 2.88. The SMILES string of the molecule is Cn1nc(CN2CCC(Oc3ccc(Cl)cc3)CC2)c2cccnc21. The van der Waals surface area contributed by atoms with Crippen molar-refractivity contribution in [1.29, 1.82) is 0 Å². The molecule has 25 heavy (non-hydrogen) atoms. The van der Waals surface area contributed by atoms with Gasteiger partial charge in [-0.3, -0.25) is 9.58 Å². The van der Waals surface area contributed by atoms with Crippen molar-refractivity contribution in [3.63, 3.8) is 0 Å². The molecular weight excluding hydrogens is 336 g/mol. The number of hydrogen-bond donors (Lipinski definition) is 0. The minimum Gasteiger partial charge on any atom is -0.490 e. The van der Waals surface area contributed by atoms with E-state index in [4.69, 9.17) is 16.3 Å². The van der Waals surface area contributed by atoms with Crippen molar-refractivity contribution < 1.29 is 4.74 Å². The summed E-state index contributed by atoms with van der Waals surface area (Å²) >= 11 is 5.92. The van der Waals surface area contributed by atoms with Gasteiger partial charge < -0.3 is 4.74 Å². The second kappa shape index (κ2) is 7.02. The number of hydrogen-bond acceptors (Lipinski definition) is 4. The van der Waals surface area contributed by atoms with E-state index in [0.717, 1.165) is 60.0 Å². The van der Waals surface area contributed by atoms with Gasteiger partial charge in [0.05, 0.1) is 5.69 Å². The number of rotatable bonds is 4. The summed E-state index contributed by atoms with van der Waals surface area (Å²) in [6, 6.07) is 11.7. The third-order valence-electron chi connectivity index (χ3n) is 4.70. The van der Waals surface area contributed by atoms with Gasteiger partial charge in [0, 0.05) is 43.3 Å². The van der Waals surface area contributed by atoms with Gasteiger partial charge in [-0.25, -0.2) is 4.98 Å². The lowest BCUT2D eigenvalue weighted by atomic mass is 10.1. The van der Waals surface area contributed by atoms with E-state index >= 15 is 0 Å². The Morgan fingerprint density at radius 2 is 1.92 bits per heavy atom. The smallest absolute Gasteiger partial charge is 0.157 e. The zero-order chi connectivity index (χ0) is 17.2. The van der Waals surface area contributed by atoms with Crippen molar-refractivity contribution in [1.82, 2.24) is 19.7 Å². The van der Waals surface area contributed by atoms with Crippen molar-refractivity contribution in [3.05, 3.63) is 53.3 Å². The standard InChI is InChI=1S/C19H21ClN4O/c1-23-19-17(3-2-10-21-19)18(22-23)13-24-11-8-16(9-12-24)25-15-6-4-14(20)5-7-15/h2-7,10,16H,8-9,11-13H2,1H3. The van der Waals surface area contributed by atoms with Gasteiger partial charge in [-0.15, -0.1) is 0 Å². The molecule has 1 aliphatic heterocycles. The van der Waals surface area contributed by atoms with E-state index in [0.29, 0.717) is 0 Å². The molecule has 0 saturated carbocycles. The fourth-order valence-electron chi connectivity index (χ4n) is 3.38. The number of pyridine rings is 1. The number of benzene rings is 1. The first-order chi connectivity index (χ1) is 12.2. The van der Waals surface area contributed by atoms with E-state index in [9.17, 15) is 0 Å². The number of ether oxygens (including phenoxy) is 1. The van der Waals surface area contributed by atoms with Crippen LogP contribution < -0.4 is 4.74 Å². The summed E-state index contributed by atoms with van der Waals surface area (Å²) in [6.07, 6.45) is 4.12. The van der Waals surface area contributed by atoms with Crippen LogP contribution in [0, 0.1) is 0 Å². The van der Waals surface area contributed by atoms with E-state index in [1.807, 2.05) is 48.3 Å². The first-order valence-corrected chi connectivity index (χ1v) is 8.98. The van der Waals surface area contributed by atoms with Crippen LogP contribution in [0.5, 0.6) is 5.75 Å². The van der Waals surface area contributed by atoms with Crippen LogP contribution in [0.4, 0.5) is 0 Å². The molecule has 1 aliphatic rings. The molecule has 1 saturated heterocycles. The quantitative estimate of drug-likeness (QED) is 0.715. The Hall–Kier alpha value is -2.11. The minimum atomic E-state index is 0.263. The largest absolute Gasteiger partial charge is 0.490 e. The van der Waals surface area contributed by atoms with Gasteiger partial charge in [0.15, 0.2) is 5.65 Å². The van der Waals surface area contributed by atoms with Crippen molar-refractivity contribution in [2.24, 2.45) is 7.05 Å². The van der Waals surface area contributed by atoms with E-state index in [1.54, 1.807) is 0 Å². The minimum absolute atomic E-state index is 0.263. The summed E-state index contributed by atoms with van der Waals surface area (Å²) in [7, 11) is 1.95. The Bertz CT molecular complexity index is 853. The topological polar surface area (TPSA) is 43.2 Å². The Kier molecular flexibility index (Phi) is 4.59. The molecule has 0 unspecified atom stereocenters. The number of likely N-dealkylation sites (tertiary alicyclic amines) is 1. The van der Waals surface area contributed by atoms with Crippen molar-refractivity contribution in [2.75, 3.05) is 13.1 Å². The van der Waals surface area contributed by atoms with Crippen LogP contribution in [0.2, 0.25) is 5.02 Å². The average molecular weight is 357 g/mol. The second-order valence-corrected chi connectivity index (χ2v) is 6.93. The van der Waals surface area contributed by atoms with Crippen LogP contribution in [0.25, 0.3) is 11.0 Å². The Labute approximate surface area is 152 Å². The van der Waals surface area contributed by atoms with E-state index in [2.05, 4.69) is 21.0 Å². The first-order valence-electron chi connectivity index (χ1n) is 8.60. The molecule has 0 N–H and O–H groups in total. The van der Waals surface area contributed by atoms with Gasteiger partial charge in [-0.05, 0) is 49.2 Å². The van der Waals surface area contributed by atoms with Crippen LogP contribution in [-0.2, 0) is 13.6 Å². The van der Waals surface area contributed by atoms with Crippen molar-refractivity contribution in [2.45, 2.75) is 25.5 Å². The monoisotopic (exact) mass is 356 g/mol. The number of aromatic nitrogens is 3. The van der Waals surface area contributed by atoms with Gasteiger partial charge in [0.2, 0.25) is 0 Å². The van der Waals surface area contributed by atoms with Gasteiger partial charge >= 0.3 is 0 Å². The lowest BCUT2D eigenvalue weighted by Gasteiger charge is -2.31. The maximum atomic E-state index is 6.07. The van der Waals surface area contributed by atoms with Crippen molar-refractivity contribution in [3.8, 4) is 5.75 Å². The predicted octanol–water partition coefficient (Wildman–Crippen LogP) is 3.67. The molecule has 1 fully saturated rings. The maximum Gasteiger partial charge on any atom is 0.157 e. The van der Waals surface area contributed by atoms with E-state index in [-0.39, 0.29) is 6.10 Å². The van der Waals surface area contributed by atoms with Crippen molar-refractivity contribution >= 4 is 22.6 Å². The number of halogens is 1. The molecule has 0 radical (unpaired) electrons. The molecule has 130 valence electrons. The summed E-state index contributed by atoms with van der Waals surface area (Å²) in [5, 5.41) is 6.53. The normalized spacial score (nSPS) is 16.4. The second-order valence-electron chi connectivity index (χ2n) is 6.49. The number of piperidine rings is 1. The Morgan fingerprint density at radius 3 is 2.68 bits per heavy atom. The fourth-order valence-corrected chi connectivity index (χ4v) is 3.51. The lowest BCUT2D eigenvalue weighted by molar-refractivity contribution is 0.0962. The van der Waals surface area contributed by atoms with Gasteiger partial charge in [0.25, 0.3) is 0 Å². The molecule has 1 aromatic carbocycles. The molecule has 0 aliphatic carbocycles. The molecule has 4 rings (SSSR count). The molecule has 3 aromatic rings. The van der Waals surface area contributed by atoms with Crippen LogP contribution in [0.3, 0.4) is 0 Å². The molecule has 3 heterocycles. The van der Waals surface area contributed by atoms with E-state index in [1.165, 1.54) is 0 Å². The highest BCUT2D eigenvalue weighted by atomic mass is 35.5. The van der Waals surface area contributed by atoms with Crippen LogP contribution in [0.1, 0.15) is 18.5 Å². The summed E-state index contributed by atoms with van der Waals surface area (Å²) < 4.78 is 7.93. The van der Waals surface area contributed by atoms with Crippen LogP contribution in [0.15, 0.2) is 42.6 Å². The first kappa shape index (κ1) is 16.4. The molecule has 0 amide bonds. The number of aryl methyl sites for hydroxylation is 1. The Balaban J connectivity index is 1.36. The third kappa shape index (κ3) is 3.62. The highest BCUT2D eigenvalue weighted by Crippen LogP contribution is 2.23. The maximum absolute atomic E-state index is 6.07. The fraction of sp³-hybridized carbons (Fsp3) is 0.368. The van der Waals surface area contributed by atoms with Crippen LogP contribution in [-0.4, -0.2) is 38.9 Å². The predicted molar refractivity (Wildman–Crippen MR) is 98.9 cm³/mol. The molecule has 0 spiro atoms. The van der Waals surface area contributed by atoms with Gasteiger partial charge in [-0.2, -0.15) is 5.10 Å². The van der Waals surface area contributed by atoms with E-state index < -0.39 is 0 Å². The zero-order valence-electron chi connectivity index (χ0n) is 14.2. The van der Waals surface area contributed by atoms with Gasteiger partial charge in [-0.1, -0.05) is 11.6 Å². The third-order valence-corrected chi connectivity index (χ3v) is 4.95. The summed E-state index contributed by atoms with van der Waals surface area (Å²) in [5.41, 5.74) is 2.04. The lowest BCUT2D eigenvalue weighted by Crippen LogP contribution is -2.37. The highest BCUT2D eigenvalue weighted by Gasteiger charge is 2.22.